The molecule has 0 atom stereocenters. The van der Waals surface area contributed by atoms with Crippen molar-refractivity contribution in [2.75, 3.05) is 6.26 Å². The summed E-state index contributed by atoms with van der Waals surface area (Å²) >= 11 is 1.55. The Morgan fingerprint density at radius 2 is 2.33 bits per heavy atom. The molecule has 0 spiro atoms. The summed E-state index contributed by atoms with van der Waals surface area (Å²) in [6.07, 6.45) is 1.94. The Kier molecular flexibility index (Phi) is 2.94. The maximum atomic E-state index is 4.85. The zero-order valence-electron chi connectivity index (χ0n) is 3.93. The van der Waals surface area contributed by atoms with E-state index in [1.807, 2.05) is 13.2 Å². The number of hydrazone groups is 1. The predicted molar refractivity (Wildman–Crippen MR) is 30.8 cm³/mol. The van der Waals surface area contributed by atoms with Crippen LogP contribution >= 0.6 is 11.8 Å². The summed E-state index contributed by atoms with van der Waals surface area (Å²) in [7, 11) is 0. The lowest BCUT2D eigenvalue weighted by Gasteiger charge is -1.83. The van der Waals surface area contributed by atoms with Crippen LogP contribution in [0.4, 0.5) is 0 Å². The van der Waals surface area contributed by atoms with Crippen molar-refractivity contribution in [2.45, 2.75) is 6.92 Å². The van der Waals surface area contributed by atoms with Gasteiger partial charge in [0.25, 0.3) is 0 Å². The first-order valence-electron chi connectivity index (χ1n) is 1.59. The van der Waals surface area contributed by atoms with E-state index >= 15 is 0 Å². The summed E-state index contributed by atoms with van der Waals surface area (Å²) in [6.45, 7) is 1.87. The minimum absolute atomic E-state index is 0.912. The van der Waals surface area contributed by atoms with E-state index in [0.717, 1.165) is 5.04 Å². The molecular weight excluding hydrogens is 96.1 g/mol. The van der Waals surface area contributed by atoms with Gasteiger partial charge in [0, 0.05) is 0 Å². The van der Waals surface area contributed by atoms with Gasteiger partial charge in [-0.25, -0.2) is 0 Å². The van der Waals surface area contributed by atoms with Gasteiger partial charge < -0.3 is 5.84 Å². The number of thioether (sulfide) groups is 1. The minimum atomic E-state index is 0.912. The van der Waals surface area contributed by atoms with Crippen LogP contribution in [0.2, 0.25) is 0 Å². The molecular formula is C3H8N2S. The molecule has 36 valence electrons. The van der Waals surface area contributed by atoms with E-state index in [0.29, 0.717) is 0 Å². The Labute approximate surface area is 41.8 Å². The molecule has 6 heavy (non-hydrogen) atoms. The standard InChI is InChI=1S/C3H8N2S/c1-3(5-4)6-2/h4H2,1-2H3/b5-3-. The monoisotopic (exact) mass is 104 g/mol. The maximum absolute atomic E-state index is 4.85. The highest BCUT2D eigenvalue weighted by Gasteiger charge is 1.76. The van der Waals surface area contributed by atoms with Gasteiger partial charge in [-0.15, -0.1) is 11.8 Å². The predicted octanol–water partition coefficient (Wildman–Crippen LogP) is 0.642. The van der Waals surface area contributed by atoms with E-state index in [-0.39, 0.29) is 0 Å². The van der Waals surface area contributed by atoms with E-state index < -0.39 is 0 Å². The third-order valence-electron chi connectivity index (χ3n) is 0.477. The van der Waals surface area contributed by atoms with Crippen molar-refractivity contribution in [3.05, 3.63) is 0 Å². The quantitative estimate of drug-likeness (QED) is 0.212. The molecule has 0 amide bonds. The second-order valence-electron chi connectivity index (χ2n) is 0.852. The molecule has 2 nitrogen and oxygen atoms in total. The van der Waals surface area contributed by atoms with Crippen molar-refractivity contribution in [2.24, 2.45) is 10.9 Å². The first kappa shape index (κ1) is 5.82. The first-order chi connectivity index (χ1) is 2.81. The van der Waals surface area contributed by atoms with Crippen molar-refractivity contribution in [1.82, 2.24) is 0 Å². The van der Waals surface area contributed by atoms with Gasteiger partial charge in [0.1, 0.15) is 0 Å². The molecule has 0 aliphatic carbocycles. The van der Waals surface area contributed by atoms with Crippen LogP contribution in [0.3, 0.4) is 0 Å². The van der Waals surface area contributed by atoms with Crippen LogP contribution in [0.5, 0.6) is 0 Å². The normalized spacial score (nSPS) is 12.0. The third-order valence-corrected chi connectivity index (χ3v) is 1.17. The summed E-state index contributed by atoms with van der Waals surface area (Å²) in [5.41, 5.74) is 0. The molecule has 0 rings (SSSR count). The number of nitrogens with zero attached hydrogens (tertiary/aromatic N) is 1. The lowest BCUT2D eigenvalue weighted by Crippen LogP contribution is -1.87. The van der Waals surface area contributed by atoms with Gasteiger partial charge in [0.05, 0.1) is 5.04 Å². The van der Waals surface area contributed by atoms with E-state index in [2.05, 4.69) is 5.10 Å². The molecule has 0 fully saturated rings. The van der Waals surface area contributed by atoms with Crippen LogP contribution < -0.4 is 5.84 Å². The SMILES string of the molecule is CS/C(C)=N\N. The van der Waals surface area contributed by atoms with Crippen LogP contribution in [0.15, 0.2) is 5.10 Å². The van der Waals surface area contributed by atoms with E-state index in [1.165, 1.54) is 0 Å². The Balaban J connectivity index is 3.22. The molecule has 0 aromatic heterocycles. The summed E-state index contributed by atoms with van der Waals surface area (Å²) in [5, 5.41) is 4.30. The molecule has 0 heterocycles. The van der Waals surface area contributed by atoms with E-state index in [4.69, 9.17) is 5.84 Å². The molecule has 0 aliphatic rings. The number of rotatable bonds is 0. The fraction of sp³-hybridized carbons (Fsp3) is 0.667. The van der Waals surface area contributed by atoms with Crippen molar-refractivity contribution < 1.29 is 0 Å². The van der Waals surface area contributed by atoms with Crippen LogP contribution in [0, 0.1) is 0 Å². The van der Waals surface area contributed by atoms with Gasteiger partial charge in [-0.2, -0.15) is 5.10 Å². The second kappa shape index (κ2) is 3.03. The van der Waals surface area contributed by atoms with Gasteiger partial charge >= 0.3 is 0 Å². The van der Waals surface area contributed by atoms with Crippen LogP contribution in [0.25, 0.3) is 0 Å². The topological polar surface area (TPSA) is 38.4 Å². The van der Waals surface area contributed by atoms with Crippen molar-refractivity contribution in [3.8, 4) is 0 Å². The van der Waals surface area contributed by atoms with Crippen LogP contribution in [0.1, 0.15) is 6.92 Å². The molecule has 0 aromatic rings. The van der Waals surface area contributed by atoms with Crippen molar-refractivity contribution in [1.29, 1.82) is 0 Å². The lowest BCUT2D eigenvalue weighted by molar-refractivity contribution is 1.26. The van der Waals surface area contributed by atoms with Crippen LogP contribution in [-0.2, 0) is 0 Å². The van der Waals surface area contributed by atoms with Gasteiger partial charge in [0.15, 0.2) is 0 Å². The minimum Gasteiger partial charge on any atom is -0.323 e. The molecule has 2 N–H and O–H groups in total. The lowest BCUT2D eigenvalue weighted by atomic mass is 10.9. The zero-order chi connectivity index (χ0) is 4.99. The Morgan fingerprint density at radius 1 is 1.83 bits per heavy atom. The number of hydrogen-bond donors (Lipinski definition) is 1. The average molecular weight is 104 g/mol. The van der Waals surface area contributed by atoms with Gasteiger partial charge in [-0.05, 0) is 13.2 Å². The van der Waals surface area contributed by atoms with Crippen LogP contribution in [-0.4, -0.2) is 11.3 Å². The summed E-state index contributed by atoms with van der Waals surface area (Å²) in [5.74, 6) is 4.85. The molecule has 0 aliphatic heterocycles. The molecule has 0 saturated heterocycles. The van der Waals surface area contributed by atoms with E-state index in [9.17, 15) is 0 Å². The Morgan fingerprint density at radius 3 is 2.33 bits per heavy atom. The van der Waals surface area contributed by atoms with Crippen molar-refractivity contribution >= 4 is 16.8 Å². The fourth-order valence-corrected chi connectivity index (χ4v) is 0.158. The first-order valence-corrected chi connectivity index (χ1v) is 2.82. The number of hydrogen-bond acceptors (Lipinski definition) is 3. The third kappa shape index (κ3) is 2.08. The molecule has 0 aromatic carbocycles. The van der Waals surface area contributed by atoms with E-state index in [1.54, 1.807) is 11.8 Å². The fourth-order valence-electron chi connectivity index (χ4n) is 0.0527. The highest BCUT2D eigenvalue weighted by molar-refractivity contribution is 8.13. The molecule has 0 saturated carbocycles. The highest BCUT2D eigenvalue weighted by atomic mass is 32.2. The Hall–Kier alpha value is -0.180. The average Bonchev–Trinajstić information content (AvgIpc) is 1.65. The largest absolute Gasteiger partial charge is 0.323 e. The van der Waals surface area contributed by atoms with Gasteiger partial charge in [0.2, 0.25) is 0 Å². The summed E-state index contributed by atoms with van der Waals surface area (Å²) < 4.78 is 0. The molecule has 0 radical (unpaired) electrons. The molecule has 0 unspecified atom stereocenters. The van der Waals surface area contributed by atoms with Gasteiger partial charge in [-0.3, -0.25) is 0 Å². The second-order valence-corrected chi connectivity index (χ2v) is 1.85. The highest BCUT2D eigenvalue weighted by Crippen LogP contribution is 1.91. The molecule has 3 heteroatoms. The molecule has 0 bridgehead atoms. The summed E-state index contributed by atoms with van der Waals surface area (Å²) in [4.78, 5) is 0. The zero-order valence-corrected chi connectivity index (χ0v) is 4.75. The maximum Gasteiger partial charge on any atom is 0.0895 e. The van der Waals surface area contributed by atoms with Crippen molar-refractivity contribution in [3.63, 3.8) is 0 Å². The smallest absolute Gasteiger partial charge is 0.0895 e. The van der Waals surface area contributed by atoms with Gasteiger partial charge in [-0.1, -0.05) is 0 Å². The Bertz CT molecular complexity index is 59.8. The number of nitrogens with two attached hydrogens (primary N) is 1. The summed E-state index contributed by atoms with van der Waals surface area (Å²) in [6, 6.07) is 0.